The summed E-state index contributed by atoms with van der Waals surface area (Å²) in [7, 11) is 12.9. The Hall–Kier alpha value is -5.97. The summed E-state index contributed by atoms with van der Waals surface area (Å²) >= 11 is 0. The zero-order chi connectivity index (χ0) is 36.7. The van der Waals surface area contributed by atoms with Gasteiger partial charge in [0.15, 0.2) is 46.0 Å². The van der Waals surface area contributed by atoms with Gasteiger partial charge >= 0.3 is 0 Å². The van der Waals surface area contributed by atoms with Crippen LogP contribution in [0.5, 0.6) is 46.0 Å². The molecule has 0 saturated heterocycles. The Morgan fingerprint density at radius 1 is 0.596 bits per heavy atom. The molecule has 0 saturated carbocycles. The molecule has 0 N–H and O–H groups in total. The molecule has 0 aliphatic carbocycles. The fourth-order valence-corrected chi connectivity index (χ4v) is 7.49. The molecular weight excluding hydrogens is 664 g/mol. The van der Waals surface area contributed by atoms with Gasteiger partial charge in [-0.25, -0.2) is 0 Å². The summed E-state index contributed by atoms with van der Waals surface area (Å²) in [6.45, 7) is 0.968. The lowest BCUT2D eigenvalue weighted by Gasteiger charge is -2.23. The van der Waals surface area contributed by atoms with Crippen molar-refractivity contribution in [2.45, 2.75) is 25.9 Å². The number of fused-ring (bicyclic) bond motifs is 7. The van der Waals surface area contributed by atoms with Crippen LogP contribution < -0.4 is 43.5 Å². The van der Waals surface area contributed by atoms with E-state index in [0.717, 1.165) is 44.3 Å². The van der Waals surface area contributed by atoms with Crippen LogP contribution in [0.3, 0.4) is 0 Å². The van der Waals surface area contributed by atoms with E-state index in [4.69, 9.17) is 37.9 Å². The van der Waals surface area contributed by atoms with Gasteiger partial charge in [0, 0.05) is 41.1 Å². The number of aryl methyl sites for hydroxylation is 4. The highest BCUT2D eigenvalue weighted by molar-refractivity contribution is 6.17. The monoisotopic (exact) mass is 706 g/mol. The Bertz CT molecular complexity index is 2390. The molecule has 1 aliphatic rings. The molecule has 11 heteroatoms. The highest BCUT2D eigenvalue weighted by atomic mass is 16.5. The zero-order valence-electron chi connectivity index (χ0n) is 30.7. The first-order chi connectivity index (χ1) is 25.3. The van der Waals surface area contributed by atoms with Crippen LogP contribution in [-0.4, -0.2) is 66.0 Å². The van der Waals surface area contributed by atoms with Gasteiger partial charge in [0.1, 0.15) is 5.52 Å². The minimum absolute atomic E-state index is 0.118. The average Bonchev–Trinajstić information content (AvgIpc) is 3.55. The van der Waals surface area contributed by atoms with E-state index in [9.17, 15) is 0 Å². The predicted molar refractivity (Wildman–Crippen MR) is 201 cm³/mol. The summed E-state index contributed by atoms with van der Waals surface area (Å²) in [5, 5.41) is 1.64. The number of nitrogens with zero attached hydrogens (tertiary/aromatic N) is 2. The minimum Gasteiger partial charge on any atom is -0.493 e. The summed E-state index contributed by atoms with van der Waals surface area (Å²) < 4.78 is 49.5. The quantitative estimate of drug-likeness (QED) is 0.131. The van der Waals surface area contributed by atoms with Gasteiger partial charge in [0.2, 0.25) is 0 Å². The van der Waals surface area contributed by atoms with Crippen LogP contribution >= 0.6 is 0 Å². The topological polar surface area (TPSA) is 101 Å². The highest BCUT2D eigenvalue weighted by Gasteiger charge is 2.31. The molecule has 0 atom stereocenters. The van der Waals surface area contributed by atoms with Crippen LogP contribution in [0.15, 0.2) is 65.5 Å². The van der Waals surface area contributed by atoms with E-state index >= 15 is 4.79 Å². The zero-order valence-corrected chi connectivity index (χ0v) is 30.7. The molecule has 0 unspecified atom stereocenters. The van der Waals surface area contributed by atoms with Crippen molar-refractivity contribution < 1.29 is 37.9 Å². The minimum atomic E-state index is -0.118. The van der Waals surface area contributed by atoms with Gasteiger partial charge in [0.25, 0.3) is 5.56 Å². The Labute approximate surface area is 301 Å². The smallest absolute Gasteiger partial charge is 0.275 e. The lowest BCUT2D eigenvalue weighted by atomic mass is 9.91. The van der Waals surface area contributed by atoms with E-state index in [1.54, 1.807) is 56.9 Å². The molecule has 0 fully saturated rings. The molecule has 1 aliphatic heterocycles. The van der Waals surface area contributed by atoms with E-state index in [-0.39, 0.29) is 5.56 Å². The Kier molecular flexibility index (Phi) is 9.27. The first-order valence-electron chi connectivity index (χ1n) is 16.9. The molecule has 6 aromatic rings. The van der Waals surface area contributed by atoms with Gasteiger partial charge in [-0.1, -0.05) is 12.1 Å². The molecule has 3 heterocycles. The molecule has 0 spiro atoms. The van der Waals surface area contributed by atoms with Crippen LogP contribution in [0.25, 0.3) is 44.2 Å². The van der Waals surface area contributed by atoms with E-state index in [1.165, 1.54) is 0 Å². The standard InChI is InChI=1S/C41H42N2O9/c1-45-29-11-9-23(17-31(29)47-3)13-15-42-28-22-36(52-8)35(51-7)21-27(28)38-37(25-10-12-30(46-2)32(19-25)48-4)39-26-20-34(50-6)33(49-5)18-24(26)14-16-43(39)40(38)41(42)44/h9-12,17-22H,13-16H2,1-8H3. The number of aromatic nitrogens is 2. The lowest BCUT2D eigenvalue weighted by Crippen LogP contribution is -2.25. The van der Waals surface area contributed by atoms with E-state index < -0.39 is 0 Å². The Morgan fingerprint density at radius 2 is 1.15 bits per heavy atom. The first kappa shape index (κ1) is 34.5. The Balaban J connectivity index is 1.59. The normalized spacial score (nSPS) is 11.9. The van der Waals surface area contributed by atoms with Gasteiger partial charge in [-0.2, -0.15) is 0 Å². The number of hydrogen-bond donors (Lipinski definition) is 0. The number of methoxy groups -OCH3 is 8. The fraction of sp³-hybridized carbons (Fsp3) is 0.293. The molecule has 52 heavy (non-hydrogen) atoms. The van der Waals surface area contributed by atoms with E-state index in [2.05, 4.69) is 4.57 Å². The van der Waals surface area contributed by atoms with Crippen molar-refractivity contribution >= 4 is 21.8 Å². The van der Waals surface area contributed by atoms with Crippen LogP contribution in [0.2, 0.25) is 0 Å². The number of benzene rings is 4. The van der Waals surface area contributed by atoms with Crippen molar-refractivity contribution in [2.75, 3.05) is 56.9 Å². The van der Waals surface area contributed by atoms with Crippen molar-refractivity contribution in [1.29, 1.82) is 0 Å². The molecule has 270 valence electrons. The fourth-order valence-electron chi connectivity index (χ4n) is 7.49. The summed E-state index contributed by atoms with van der Waals surface area (Å²) in [6, 6.07) is 19.6. The molecule has 0 amide bonds. The molecule has 0 bridgehead atoms. The lowest BCUT2D eigenvalue weighted by molar-refractivity contribution is 0.354. The van der Waals surface area contributed by atoms with Crippen LogP contribution in [0.4, 0.5) is 0 Å². The molecular formula is C41H42N2O9. The second-order valence-corrected chi connectivity index (χ2v) is 12.4. The number of hydrogen-bond acceptors (Lipinski definition) is 9. The van der Waals surface area contributed by atoms with Crippen molar-refractivity contribution in [3.8, 4) is 68.4 Å². The second kappa shape index (κ2) is 14.0. The third-order valence-corrected chi connectivity index (χ3v) is 9.99. The van der Waals surface area contributed by atoms with Gasteiger partial charge in [-0.05, 0) is 72.0 Å². The molecule has 4 aromatic carbocycles. The summed E-state index contributed by atoms with van der Waals surface area (Å²) in [5.41, 5.74) is 6.86. The van der Waals surface area contributed by atoms with Gasteiger partial charge in [-0.15, -0.1) is 0 Å². The van der Waals surface area contributed by atoms with Gasteiger partial charge < -0.3 is 47.0 Å². The molecule has 7 rings (SSSR count). The maximum Gasteiger partial charge on any atom is 0.275 e. The van der Waals surface area contributed by atoms with Crippen LogP contribution in [0, 0.1) is 0 Å². The predicted octanol–water partition coefficient (Wildman–Crippen LogP) is 7.16. The molecule has 2 aromatic heterocycles. The third-order valence-electron chi connectivity index (χ3n) is 9.99. The Morgan fingerprint density at radius 3 is 1.81 bits per heavy atom. The average molecular weight is 707 g/mol. The maximum absolute atomic E-state index is 15.2. The number of ether oxygens (including phenoxy) is 8. The van der Waals surface area contributed by atoms with Crippen molar-refractivity contribution in [3.05, 3.63) is 82.1 Å². The molecule has 0 radical (unpaired) electrons. The highest BCUT2D eigenvalue weighted by Crippen LogP contribution is 2.50. The maximum atomic E-state index is 15.2. The summed E-state index contributed by atoms with van der Waals surface area (Å²) in [5.74, 6) is 4.77. The summed E-state index contributed by atoms with van der Waals surface area (Å²) in [6.07, 6.45) is 1.25. The second-order valence-electron chi connectivity index (χ2n) is 12.4. The van der Waals surface area contributed by atoms with Crippen LogP contribution in [-0.2, 0) is 25.9 Å². The van der Waals surface area contributed by atoms with E-state index in [0.29, 0.717) is 83.0 Å². The number of pyridine rings is 1. The van der Waals surface area contributed by atoms with Gasteiger partial charge in [-0.3, -0.25) is 4.79 Å². The SMILES string of the molecule is COc1ccc(CCn2c(=O)c3c(c(-c4ccc(OC)c(OC)c4)c4n3CCc3cc(OC)c(OC)cc3-4)c3cc(OC)c(OC)cc32)cc1OC. The first-order valence-corrected chi connectivity index (χ1v) is 16.9. The number of rotatable bonds is 12. The van der Waals surface area contributed by atoms with Crippen molar-refractivity contribution in [1.82, 2.24) is 9.13 Å². The largest absolute Gasteiger partial charge is 0.493 e. The van der Waals surface area contributed by atoms with Crippen molar-refractivity contribution in [3.63, 3.8) is 0 Å². The van der Waals surface area contributed by atoms with Gasteiger partial charge in [0.05, 0.1) is 68.1 Å². The summed E-state index contributed by atoms with van der Waals surface area (Å²) in [4.78, 5) is 15.2. The van der Waals surface area contributed by atoms with Crippen LogP contribution in [0.1, 0.15) is 11.1 Å². The van der Waals surface area contributed by atoms with Crippen molar-refractivity contribution in [2.24, 2.45) is 0 Å². The molecule has 11 nitrogen and oxygen atoms in total. The third kappa shape index (κ3) is 5.47. The van der Waals surface area contributed by atoms with E-state index in [1.807, 2.05) is 65.2 Å².